The zero-order chi connectivity index (χ0) is 20.1. The van der Waals surface area contributed by atoms with Gasteiger partial charge in [-0.3, -0.25) is 0 Å². The molecule has 0 unspecified atom stereocenters. The van der Waals surface area contributed by atoms with Crippen LogP contribution in [0.15, 0.2) is 0 Å². The van der Waals surface area contributed by atoms with Crippen LogP contribution in [0.4, 0.5) is 0 Å². The summed E-state index contributed by atoms with van der Waals surface area (Å²) in [4.78, 5) is 0. The summed E-state index contributed by atoms with van der Waals surface area (Å²) in [6.45, 7) is 0. The van der Waals surface area contributed by atoms with Gasteiger partial charge in [0.15, 0.2) is 0 Å². The number of hydrogen-bond acceptors (Lipinski definition) is 3. The van der Waals surface area contributed by atoms with Gasteiger partial charge in [0, 0.05) is 33.3 Å². The first-order valence-corrected chi connectivity index (χ1v) is 13.9. The van der Waals surface area contributed by atoms with Gasteiger partial charge in [-0.25, -0.2) is 0 Å². The van der Waals surface area contributed by atoms with Crippen LogP contribution in [-0.4, -0.2) is 36.0 Å². The van der Waals surface area contributed by atoms with E-state index in [0.717, 1.165) is 18.3 Å². The molecule has 0 heterocycles. The van der Waals surface area contributed by atoms with Crippen molar-refractivity contribution in [2.45, 2.75) is 115 Å². The number of alkyl halides is 1. The lowest BCUT2D eigenvalue weighted by molar-refractivity contribution is 0.122. The van der Waals surface area contributed by atoms with E-state index in [2.05, 4.69) is 0 Å². The zero-order valence-electron chi connectivity index (χ0n) is 18.5. The first kappa shape index (κ1) is 27.4. The van der Waals surface area contributed by atoms with Gasteiger partial charge in [0.25, 0.3) is 0 Å². The van der Waals surface area contributed by atoms with Crippen LogP contribution >= 0.6 is 11.6 Å². The van der Waals surface area contributed by atoms with Crippen LogP contribution in [-0.2, 0) is 13.3 Å². The van der Waals surface area contributed by atoms with Crippen molar-refractivity contribution in [3.63, 3.8) is 0 Å². The maximum atomic E-state index is 5.69. The second-order valence-corrected chi connectivity index (χ2v) is 11.2. The van der Waals surface area contributed by atoms with Crippen molar-refractivity contribution in [3.05, 3.63) is 0 Å². The van der Waals surface area contributed by atoms with Gasteiger partial charge < -0.3 is 13.3 Å². The van der Waals surface area contributed by atoms with Crippen LogP contribution in [0.25, 0.3) is 0 Å². The van der Waals surface area contributed by atoms with Crippen LogP contribution in [0.2, 0.25) is 6.04 Å². The van der Waals surface area contributed by atoms with Gasteiger partial charge in [-0.2, -0.15) is 0 Å². The summed E-state index contributed by atoms with van der Waals surface area (Å²) < 4.78 is 16.4. The third kappa shape index (κ3) is 17.0. The molecule has 0 atom stereocenters. The van der Waals surface area contributed by atoms with E-state index in [9.17, 15) is 0 Å². The average molecular weight is 423 g/mol. The molecule has 27 heavy (non-hydrogen) atoms. The molecule has 0 N–H and O–H groups in total. The molecule has 0 spiro atoms. The molecule has 3 nitrogen and oxygen atoms in total. The predicted molar refractivity (Wildman–Crippen MR) is 121 cm³/mol. The average Bonchev–Trinajstić information content (AvgIpc) is 2.70. The van der Waals surface area contributed by atoms with Gasteiger partial charge in [-0.1, -0.05) is 96.3 Å². The minimum Gasteiger partial charge on any atom is -0.377 e. The Bertz CT molecular complexity index is 280. The molecule has 0 aliphatic heterocycles. The highest BCUT2D eigenvalue weighted by Gasteiger charge is 2.36. The van der Waals surface area contributed by atoms with E-state index in [1.165, 1.54) is 103 Å². The molecule has 0 aromatic heterocycles. The van der Waals surface area contributed by atoms with E-state index in [1.807, 2.05) is 0 Å². The Morgan fingerprint density at radius 3 is 0.963 bits per heavy atom. The topological polar surface area (TPSA) is 27.7 Å². The third-order valence-corrected chi connectivity index (χ3v) is 8.65. The van der Waals surface area contributed by atoms with Crippen LogP contribution < -0.4 is 0 Å². The highest BCUT2D eigenvalue weighted by atomic mass is 35.5. The summed E-state index contributed by atoms with van der Waals surface area (Å²) in [5.74, 6) is 0.833. The summed E-state index contributed by atoms with van der Waals surface area (Å²) in [5, 5.41) is 0. The SMILES string of the molecule is CO[Si](CCCCCCCCCCCCCCCCCCCCl)(OC)OC. The Labute approximate surface area is 176 Å². The Morgan fingerprint density at radius 2 is 0.704 bits per heavy atom. The summed E-state index contributed by atoms with van der Waals surface area (Å²) in [6, 6.07) is 0.934. The molecule has 0 aromatic carbocycles. The Morgan fingerprint density at radius 1 is 0.444 bits per heavy atom. The largest absolute Gasteiger partial charge is 0.500 e. The number of halogens is 1. The zero-order valence-corrected chi connectivity index (χ0v) is 20.3. The molecule has 0 saturated carbocycles. The molecule has 0 rings (SSSR count). The Balaban J connectivity index is 3.19. The predicted octanol–water partition coefficient (Wildman–Crippen LogP) is 7.74. The lowest BCUT2D eigenvalue weighted by atomic mass is 10.0. The fourth-order valence-electron chi connectivity index (χ4n) is 3.64. The standard InChI is InChI=1S/C22H47ClO3Si/c1-24-27(25-2,26-3)22-20-18-16-14-12-10-8-6-4-5-7-9-11-13-15-17-19-21-23/h4-22H2,1-3H3. The van der Waals surface area contributed by atoms with Gasteiger partial charge in [-0.15, -0.1) is 11.6 Å². The summed E-state index contributed by atoms with van der Waals surface area (Å²) in [5.41, 5.74) is 0. The second kappa shape index (κ2) is 21.1. The summed E-state index contributed by atoms with van der Waals surface area (Å²) in [7, 11) is 2.76. The lowest BCUT2D eigenvalue weighted by Gasteiger charge is -2.24. The first-order chi connectivity index (χ1) is 13.2. The smallest absolute Gasteiger partial charge is 0.377 e. The molecule has 0 aliphatic rings. The second-order valence-electron chi connectivity index (χ2n) is 7.74. The van der Waals surface area contributed by atoms with Gasteiger partial charge >= 0.3 is 8.80 Å². The molecule has 0 radical (unpaired) electrons. The lowest BCUT2D eigenvalue weighted by Crippen LogP contribution is -2.42. The maximum Gasteiger partial charge on any atom is 0.500 e. The van der Waals surface area contributed by atoms with E-state index in [4.69, 9.17) is 24.9 Å². The summed E-state index contributed by atoms with van der Waals surface area (Å²) in [6.07, 6.45) is 23.2. The fraction of sp³-hybridized carbons (Fsp3) is 1.00. The van der Waals surface area contributed by atoms with Gasteiger partial charge in [0.05, 0.1) is 0 Å². The van der Waals surface area contributed by atoms with Crippen molar-refractivity contribution >= 4 is 20.4 Å². The van der Waals surface area contributed by atoms with E-state index in [1.54, 1.807) is 21.3 Å². The highest BCUT2D eigenvalue weighted by molar-refractivity contribution is 6.60. The van der Waals surface area contributed by atoms with Crippen molar-refractivity contribution < 1.29 is 13.3 Å². The monoisotopic (exact) mass is 422 g/mol. The van der Waals surface area contributed by atoms with Crippen molar-refractivity contribution in [1.82, 2.24) is 0 Å². The summed E-state index contributed by atoms with van der Waals surface area (Å²) >= 11 is 5.69. The molecule has 0 aliphatic carbocycles. The van der Waals surface area contributed by atoms with Gasteiger partial charge in [0.1, 0.15) is 0 Å². The third-order valence-electron chi connectivity index (χ3n) is 5.55. The van der Waals surface area contributed by atoms with Gasteiger partial charge in [-0.05, 0) is 12.8 Å². The van der Waals surface area contributed by atoms with Crippen LogP contribution in [0.3, 0.4) is 0 Å². The van der Waals surface area contributed by atoms with Gasteiger partial charge in [0.2, 0.25) is 0 Å². The molecule has 0 saturated heterocycles. The van der Waals surface area contributed by atoms with E-state index in [0.29, 0.717) is 0 Å². The van der Waals surface area contributed by atoms with Crippen molar-refractivity contribution in [2.75, 3.05) is 27.2 Å². The molecule has 0 fully saturated rings. The molecule has 0 aromatic rings. The minimum atomic E-state index is -2.33. The first-order valence-electron chi connectivity index (χ1n) is 11.5. The molecular weight excluding hydrogens is 376 g/mol. The normalized spacial score (nSPS) is 12.0. The minimum absolute atomic E-state index is 0.833. The van der Waals surface area contributed by atoms with Crippen molar-refractivity contribution in [1.29, 1.82) is 0 Å². The van der Waals surface area contributed by atoms with E-state index in [-0.39, 0.29) is 0 Å². The molecule has 164 valence electrons. The molecule has 0 bridgehead atoms. The van der Waals surface area contributed by atoms with E-state index < -0.39 is 8.80 Å². The number of unbranched alkanes of at least 4 members (excludes halogenated alkanes) is 16. The highest BCUT2D eigenvalue weighted by Crippen LogP contribution is 2.19. The maximum absolute atomic E-state index is 5.69. The number of hydrogen-bond donors (Lipinski definition) is 0. The quantitative estimate of drug-likeness (QED) is 0.101. The van der Waals surface area contributed by atoms with E-state index >= 15 is 0 Å². The van der Waals surface area contributed by atoms with Crippen LogP contribution in [0.1, 0.15) is 109 Å². The Hall–Kier alpha value is 0.387. The van der Waals surface area contributed by atoms with Crippen molar-refractivity contribution in [3.8, 4) is 0 Å². The van der Waals surface area contributed by atoms with Crippen molar-refractivity contribution in [2.24, 2.45) is 0 Å². The van der Waals surface area contributed by atoms with Crippen LogP contribution in [0, 0.1) is 0 Å². The fourth-order valence-corrected chi connectivity index (χ4v) is 5.63. The molecular formula is C22H47ClO3Si. The number of rotatable bonds is 22. The molecule has 0 amide bonds. The molecule has 5 heteroatoms. The Kier molecular flexibility index (Phi) is 21.4. The van der Waals surface area contributed by atoms with Crippen LogP contribution in [0.5, 0.6) is 0 Å².